The van der Waals surface area contributed by atoms with E-state index in [1.165, 1.54) is 0 Å². The van der Waals surface area contributed by atoms with Crippen molar-refractivity contribution < 1.29 is 19.4 Å². The molecular weight excluding hydrogens is 414 g/mol. The molecular formula is C25H22ClNO4. The highest BCUT2D eigenvalue weighted by Gasteiger charge is 2.34. The predicted molar refractivity (Wildman–Crippen MR) is 119 cm³/mol. The smallest absolute Gasteiger partial charge is 0.315 e. The van der Waals surface area contributed by atoms with E-state index >= 15 is 0 Å². The summed E-state index contributed by atoms with van der Waals surface area (Å²) in [7, 11) is 0. The molecule has 1 aliphatic carbocycles. The molecule has 0 radical (unpaired) electrons. The molecule has 0 fully saturated rings. The molecule has 0 saturated carbocycles. The summed E-state index contributed by atoms with van der Waals surface area (Å²) in [5.74, 6) is -2.74. The minimum atomic E-state index is -1.09. The fraction of sp³-hybridized carbons (Fsp3) is 0.200. The van der Waals surface area contributed by atoms with E-state index in [1.807, 2.05) is 36.4 Å². The van der Waals surface area contributed by atoms with Crippen LogP contribution in [0, 0.1) is 0 Å². The number of rotatable bonds is 7. The minimum absolute atomic E-state index is 0.0982. The largest absolute Gasteiger partial charge is 0.481 e. The maximum atomic E-state index is 13.1. The van der Waals surface area contributed by atoms with Crippen LogP contribution in [0.25, 0.3) is 11.1 Å². The summed E-state index contributed by atoms with van der Waals surface area (Å²) in [4.78, 5) is 24.4. The summed E-state index contributed by atoms with van der Waals surface area (Å²) >= 11 is 6.29. The molecule has 0 bridgehead atoms. The number of nitrogens with two attached hydrogens (primary N) is 1. The van der Waals surface area contributed by atoms with Crippen molar-refractivity contribution in [2.75, 3.05) is 6.61 Å². The van der Waals surface area contributed by atoms with Gasteiger partial charge in [-0.1, -0.05) is 78.3 Å². The summed E-state index contributed by atoms with van der Waals surface area (Å²) < 4.78 is 5.74. The Kier molecular flexibility index (Phi) is 6.07. The van der Waals surface area contributed by atoms with Crippen LogP contribution in [0.15, 0.2) is 72.8 Å². The number of hydrogen-bond donors (Lipinski definition) is 2. The van der Waals surface area contributed by atoms with E-state index in [0.717, 1.165) is 22.3 Å². The average molecular weight is 436 g/mol. The molecule has 0 amide bonds. The maximum Gasteiger partial charge on any atom is 0.315 e. The number of ether oxygens (including phenoxy) is 1. The number of esters is 1. The third-order valence-corrected chi connectivity index (χ3v) is 6.03. The second-order valence-corrected chi connectivity index (χ2v) is 8.03. The van der Waals surface area contributed by atoms with E-state index < -0.39 is 23.9 Å². The van der Waals surface area contributed by atoms with Gasteiger partial charge in [0.1, 0.15) is 6.61 Å². The normalized spacial score (nSPS) is 14.4. The Morgan fingerprint density at radius 1 is 0.935 bits per heavy atom. The third-order valence-electron chi connectivity index (χ3n) is 5.69. The van der Waals surface area contributed by atoms with Crippen molar-refractivity contribution in [3.05, 3.63) is 94.5 Å². The molecule has 5 nitrogen and oxygen atoms in total. The van der Waals surface area contributed by atoms with Gasteiger partial charge < -0.3 is 15.6 Å². The van der Waals surface area contributed by atoms with Crippen LogP contribution in [0.5, 0.6) is 0 Å². The van der Waals surface area contributed by atoms with Gasteiger partial charge in [-0.2, -0.15) is 0 Å². The summed E-state index contributed by atoms with van der Waals surface area (Å²) in [5, 5.41) is 9.54. The van der Waals surface area contributed by atoms with Crippen LogP contribution in [0.3, 0.4) is 0 Å². The Balaban J connectivity index is 1.60. The standard InChI is InChI=1S/C25H22ClNO4/c26-21-12-6-5-11-19(21)24(22(27)13-23(28)29)25(30)31-14-20-17-9-3-1-7-15(17)16-8-2-4-10-18(16)20/h1-12,20,22,24H,13-14,27H2,(H,28,29)/t22-,24?/m0/s1. The molecule has 3 aromatic carbocycles. The zero-order valence-electron chi connectivity index (χ0n) is 16.7. The fourth-order valence-electron chi connectivity index (χ4n) is 4.27. The number of aliphatic carboxylic acids is 1. The second kappa shape index (κ2) is 8.92. The Bertz CT molecular complexity index is 1080. The van der Waals surface area contributed by atoms with E-state index in [-0.39, 0.29) is 18.9 Å². The number of benzene rings is 3. The van der Waals surface area contributed by atoms with Gasteiger partial charge in [-0.15, -0.1) is 0 Å². The van der Waals surface area contributed by atoms with Gasteiger partial charge in [-0.05, 0) is 33.9 Å². The van der Waals surface area contributed by atoms with Crippen molar-refractivity contribution in [3.8, 4) is 11.1 Å². The molecule has 3 aromatic rings. The molecule has 0 saturated heterocycles. The molecule has 0 aliphatic heterocycles. The Labute approximate surface area is 185 Å². The van der Waals surface area contributed by atoms with Crippen molar-refractivity contribution in [3.63, 3.8) is 0 Å². The zero-order chi connectivity index (χ0) is 22.0. The lowest BCUT2D eigenvalue weighted by molar-refractivity contribution is -0.146. The van der Waals surface area contributed by atoms with E-state index in [4.69, 9.17) is 22.1 Å². The number of carboxylic acid groups (broad SMARTS) is 1. The molecule has 6 heteroatoms. The lowest BCUT2D eigenvalue weighted by Gasteiger charge is -2.24. The molecule has 2 atom stereocenters. The lowest BCUT2D eigenvalue weighted by atomic mass is 9.90. The fourth-order valence-corrected chi connectivity index (χ4v) is 4.53. The topological polar surface area (TPSA) is 89.6 Å². The number of carbonyl (C=O) groups is 2. The molecule has 31 heavy (non-hydrogen) atoms. The number of carbonyl (C=O) groups excluding carboxylic acids is 1. The van der Waals surface area contributed by atoms with E-state index in [2.05, 4.69) is 12.1 Å². The molecule has 1 aliphatic rings. The molecule has 0 aromatic heterocycles. The second-order valence-electron chi connectivity index (χ2n) is 7.62. The SMILES string of the molecule is N[C@@H](CC(=O)O)C(C(=O)OCC1c2ccccc2-c2ccccc21)c1ccccc1Cl. The molecule has 3 N–H and O–H groups in total. The van der Waals surface area contributed by atoms with Gasteiger partial charge >= 0.3 is 11.9 Å². The molecule has 158 valence electrons. The van der Waals surface area contributed by atoms with E-state index in [9.17, 15) is 14.7 Å². The number of fused-ring (bicyclic) bond motifs is 3. The van der Waals surface area contributed by atoms with Gasteiger partial charge in [0, 0.05) is 17.0 Å². The summed E-state index contributed by atoms with van der Waals surface area (Å²) in [5.41, 5.74) is 11.0. The van der Waals surface area contributed by atoms with Crippen molar-refractivity contribution >= 4 is 23.5 Å². The van der Waals surface area contributed by atoms with Gasteiger partial charge in [0.15, 0.2) is 0 Å². The summed E-state index contributed by atoms with van der Waals surface area (Å²) in [6.45, 7) is 0.133. The average Bonchev–Trinajstić information content (AvgIpc) is 3.07. The van der Waals surface area contributed by atoms with Crippen LogP contribution in [-0.4, -0.2) is 29.7 Å². The van der Waals surface area contributed by atoms with Crippen molar-refractivity contribution in [2.45, 2.75) is 24.3 Å². The third kappa shape index (κ3) is 4.20. The van der Waals surface area contributed by atoms with Crippen LogP contribution in [0.4, 0.5) is 0 Å². The molecule has 0 spiro atoms. The van der Waals surface area contributed by atoms with Crippen LogP contribution in [-0.2, 0) is 14.3 Å². The number of carboxylic acids is 1. The Morgan fingerprint density at radius 3 is 2.06 bits per heavy atom. The Hall–Kier alpha value is -3.15. The highest BCUT2D eigenvalue weighted by Crippen LogP contribution is 2.44. The molecule has 4 rings (SSSR count). The van der Waals surface area contributed by atoms with Crippen molar-refractivity contribution in [2.24, 2.45) is 5.73 Å². The highest BCUT2D eigenvalue weighted by atomic mass is 35.5. The van der Waals surface area contributed by atoms with Gasteiger partial charge in [0.05, 0.1) is 12.3 Å². The van der Waals surface area contributed by atoms with Crippen LogP contribution in [0.1, 0.15) is 34.9 Å². The van der Waals surface area contributed by atoms with E-state index in [1.54, 1.807) is 24.3 Å². The lowest BCUT2D eigenvalue weighted by Crippen LogP contribution is -2.37. The Morgan fingerprint density at radius 2 is 1.48 bits per heavy atom. The molecule has 0 heterocycles. The monoisotopic (exact) mass is 435 g/mol. The summed E-state index contributed by atoms with van der Waals surface area (Å²) in [6.07, 6.45) is -0.375. The van der Waals surface area contributed by atoms with Crippen molar-refractivity contribution in [1.29, 1.82) is 0 Å². The van der Waals surface area contributed by atoms with Gasteiger partial charge in [0.25, 0.3) is 0 Å². The van der Waals surface area contributed by atoms with Crippen LogP contribution < -0.4 is 5.73 Å². The zero-order valence-corrected chi connectivity index (χ0v) is 17.5. The maximum absolute atomic E-state index is 13.1. The van der Waals surface area contributed by atoms with Crippen LogP contribution >= 0.6 is 11.6 Å². The number of hydrogen-bond acceptors (Lipinski definition) is 4. The highest BCUT2D eigenvalue weighted by molar-refractivity contribution is 6.31. The predicted octanol–water partition coefficient (Wildman–Crippen LogP) is 4.58. The summed E-state index contributed by atoms with van der Waals surface area (Å²) in [6, 6.07) is 21.9. The quantitative estimate of drug-likeness (QED) is 0.530. The van der Waals surface area contributed by atoms with Gasteiger partial charge in [-0.3, -0.25) is 9.59 Å². The van der Waals surface area contributed by atoms with Gasteiger partial charge in [-0.25, -0.2) is 0 Å². The van der Waals surface area contributed by atoms with Crippen LogP contribution in [0.2, 0.25) is 5.02 Å². The van der Waals surface area contributed by atoms with Crippen molar-refractivity contribution in [1.82, 2.24) is 0 Å². The first-order chi connectivity index (χ1) is 15.0. The first kappa shape index (κ1) is 21.1. The minimum Gasteiger partial charge on any atom is -0.481 e. The first-order valence-electron chi connectivity index (χ1n) is 10.0. The molecule has 1 unspecified atom stereocenters. The van der Waals surface area contributed by atoms with E-state index in [0.29, 0.717) is 10.6 Å². The first-order valence-corrected chi connectivity index (χ1v) is 10.4. The van der Waals surface area contributed by atoms with Gasteiger partial charge in [0.2, 0.25) is 0 Å². The number of halogens is 1.